The fraction of sp³-hybridized carbons (Fsp3) is 0.190. The molecule has 0 unspecified atom stereocenters. The van der Waals surface area contributed by atoms with E-state index in [1.54, 1.807) is 51.4 Å². The van der Waals surface area contributed by atoms with E-state index in [9.17, 15) is 9.59 Å². The minimum atomic E-state index is -0.394. The summed E-state index contributed by atoms with van der Waals surface area (Å²) >= 11 is 0. The number of nitrogens with one attached hydrogen (secondary N) is 1. The molecule has 0 fully saturated rings. The monoisotopic (exact) mass is 379 g/mol. The molecule has 3 rings (SSSR count). The van der Waals surface area contributed by atoms with Crippen molar-refractivity contribution in [3.63, 3.8) is 0 Å². The lowest BCUT2D eigenvalue weighted by Gasteiger charge is -2.06. The highest BCUT2D eigenvalue weighted by molar-refractivity contribution is 6.04. The Kier molecular flexibility index (Phi) is 5.74. The number of anilines is 1. The molecule has 1 heterocycles. The van der Waals surface area contributed by atoms with Crippen LogP contribution in [-0.2, 0) is 11.8 Å². The Balaban J connectivity index is 1.76. The first kappa shape index (κ1) is 19.2. The van der Waals surface area contributed by atoms with Crippen molar-refractivity contribution in [2.24, 2.45) is 7.05 Å². The Morgan fingerprint density at radius 2 is 1.86 bits per heavy atom. The number of amides is 1. The van der Waals surface area contributed by atoms with Gasteiger partial charge in [-0.25, -0.2) is 4.79 Å². The van der Waals surface area contributed by atoms with E-state index in [0.29, 0.717) is 29.2 Å². The normalized spacial score (nSPS) is 10.4. The van der Waals surface area contributed by atoms with Crippen LogP contribution in [0.15, 0.2) is 54.6 Å². The Hall–Kier alpha value is -3.61. The van der Waals surface area contributed by atoms with Crippen LogP contribution in [0, 0.1) is 0 Å². The first-order valence-electron chi connectivity index (χ1n) is 8.79. The van der Waals surface area contributed by atoms with Crippen molar-refractivity contribution in [2.75, 3.05) is 19.0 Å². The molecule has 0 aliphatic heterocycles. The number of nitrogens with zero attached hydrogens (tertiary/aromatic N) is 2. The Morgan fingerprint density at radius 1 is 1.11 bits per heavy atom. The molecule has 0 radical (unpaired) electrons. The quantitative estimate of drug-likeness (QED) is 0.663. The molecule has 0 bridgehead atoms. The molecule has 1 amide bonds. The van der Waals surface area contributed by atoms with Crippen LogP contribution < -0.4 is 10.1 Å². The van der Waals surface area contributed by atoms with Crippen molar-refractivity contribution >= 4 is 17.6 Å². The second kappa shape index (κ2) is 8.39. The zero-order chi connectivity index (χ0) is 20.1. The fourth-order valence-electron chi connectivity index (χ4n) is 2.70. The molecule has 3 aromatic rings. The second-order valence-electron chi connectivity index (χ2n) is 6.02. The number of carbonyl (C=O) groups excluding carboxylic acids is 2. The van der Waals surface area contributed by atoms with E-state index in [-0.39, 0.29) is 5.91 Å². The highest BCUT2D eigenvalue weighted by Gasteiger charge is 2.15. The highest BCUT2D eigenvalue weighted by atomic mass is 16.5. The first-order chi connectivity index (χ1) is 13.5. The third-order valence-corrected chi connectivity index (χ3v) is 4.13. The van der Waals surface area contributed by atoms with E-state index in [1.807, 2.05) is 24.3 Å². The van der Waals surface area contributed by atoms with Gasteiger partial charge < -0.3 is 14.8 Å². The summed E-state index contributed by atoms with van der Waals surface area (Å²) in [6.07, 6.45) is 0. The third kappa shape index (κ3) is 4.20. The van der Waals surface area contributed by atoms with E-state index >= 15 is 0 Å². The van der Waals surface area contributed by atoms with Gasteiger partial charge in [-0.3, -0.25) is 9.48 Å². The lowest BCUT2D eigenvalue weighted by Crippen LogP contribution is -2.16. The Morgan fingerprint density at radius 3 is 2.54 bits per heavy atom. The minimum absolute atomic E-state index is 0.298. The van der Waals surface area contributed by atoms with Crippen LogP contribution in [0.1, 0.15) is 27.8 Å². The van der Waals surface area contributed by atoms with Crippen molar-refractivity contribution in [1.29, 1.82) is 0 Å². The number of aromatic nitrogens is 2. The molecule has 28 heavy (non-hydrogen) atoms. The highest BCUT2D eigenvalue weighted by Crippen LogP contribution is 2.23. The number of esters is 1. The van der Waals surface area contributed by atoms with Crippen molar-refractivity contribution in [2.45, 2.75) is 6.92 Å². The second-order valence-corrected chi connectivity index (χ2v) is 6.02. The SMILES string of the molecule is CCOC(=O)c1ccc(NC(=O)c2cc(-c3cccc(OC)c3)nn2C)cc1. The Bertz CT molecular complexity index is 993. The smallest absolute Gasteiger partial charge is 0.338 e. The predicted octanol–water partition coefficient (Wildman–Crippen LogP) is 3.52. The van der Waals surface area contributed by atoms with Crippen LogP contribution in [0.5, 0.6) is 5.75 Å². The van der Waals surface area contributed by atoms with Crippen LogP contribution in [0.4, 0.5) is 5.69 Å². The van der Waals surface area contributed by atoms with Crippen LogP contribution in [0.3, 0.4) is 0 Å². The molecule has 0 saturated carbocycles. The van der Waals surface area contributed by atoms with Gasteiger partial charge in [0.15, 0.2) is 0 Å². The van der Waals surface area contributed by atoms with Crippen LogP contribution in [-0.4, -0.2) is 35.4 Å². The van der Waals surface area contributed by atoms with Gasteiger partial charge in [0.2, 0.25) is 0 Å². The average molecular weight is 379 g/mol. The minimum Gasteiger partial charge on any atom is -0.497 e. The zero-order valence-electron chi connectivity index (χ0n) is 15.9. The number of rotatable bonds is 6. The van der Waals surface area contributed by atoms with E-state index in [1.165, 1.54) is 4.68 Å². The molecule has 0 spiro atoms. The summed E-state index contributed by atoms with van der Waals surface area (Å²) in [6, 6.07) is 15.7. The maximum atomic E-state index is 12.6. The molecule has 1 N–H and O–H groups in total. The molecule has 0 aliphatic rings. The van der Waals surface area contributed by atoms with Gasteiger partial charge in [0.25, 0.3) is 5.91 Å². The fourth-order valence-corrected chi connectivity index (χ4v) is 2.70. The standard InChI is InChI=1S/C21H21N3O4/c1-4-28-21(26)14-8-10-16(11-9-14)22-20(25)19-13-18(23-24(19)2)15-6-5-7-17(12-15)27-3/h5-13H,4H2,1-3H3,(H,22,25). The summed E-state index contributed by atoms with van der Waals surface area (Å²) < 4.78 is 11.7. The molecule has 2 aromatic carbocycles. The number of hydrogen-bond acceptors (Lipinski definition) is 5. The van der Waals surface area contributed by atoms with Gasteiger partial charge in [-0.05, 0) is 49.4 Å². The van der Waals surface area contributed by atoms with Gasteiger partial charge in [-0.1, -0.05) is 12.1 Å². The van der Waals surface area contributed by atoms with Gasteiger partial charge in [0.1, 0.15) is 11.4 Å². The third-order valence-electron chi connectivity index (χ3n) is 4.13. The van der Waals surface area contributed by atoms with Crippen LogP contribution >= 0.6 is 0 Å². The molecule has 144 valence electrons. The topological polar surface area (TPSA) is 82.4 Å². The predicted molar refractivity (Wildman–Crippen MR) is 106 cm³/mol. The van der Waals surface area contributed by atoms with Gasteiger partial charge in [-0.2, -0.15) is 5.10 Å². The molecule has 1 aromatic heterocycles. The molecule has 0 saturated heterocycles. The summed E-state index contributed by atoms with van der Waals surface area (Å²) in [4.78, 5) is 24.3. The van der Waals surface area contributed by atoms with Gasteiger partial charge in [0, 0.05) is 18.3 Å². The van der Waals surface area contributed by atoms with E-state index in [2.05, 4.69) is 10.4 Å². The largest absolute Gasteiger partial charge is 0.497 e. The van der Waals surface area contributed by atoms with Crippen molar-refractivity contribution in [3.8, 4) is 17.0 Å². The average Bonchev–Trinajstić information content (AvgIpc) is 3.10. The van der Waals surface area contributed by atoms with Crippen molar-refractivity contribution < 1.29 is 19.1 Å². The molecule has 7 nitrogen and oxygen atoms in total. The molecular weight excluding hydrogens is 358 g/mol. The van der Waals surface area contributed by atoms with Gasteiger partial charge >= 0.3 is 5.97 Å². The molecule has 7 heteroatoms. The number of hydrogen-bond donors (Lipinski definition) is 1. The lowest BCUT2D eigenvalue weighted by atomic mass is 10.1. The van der Waals surface area contributed by atoms with E-state index in [4.69, 9.17) is 9.47 Å². The van der Waals surface area contributed by atoms with E-state index in [0.717, 1.165) is 11.3 Å². The summed E-state index contributed by atoms with van der Waals surface area (Å²) in [5.41, 5.74) is 2.94. The van der Waals surface area contributed by atoms with Crippen LogP contribution in [0.25, 0.3) is 11.3 Å². The number of ether oxygens (including phenoxy) is 2. The van der Waals surface area contributed by atoms with Crippen LogP contribution in [0.2, 0.25) is 0 Å². The Labute approximate surface area is 162 Å². The summed E-state index contributed by atoms with van der Waals surface area (Å²) in [5, 5.41) is 7.22. The maximum absolute atomic E-state index is 12.6. The number of benzene rings is 2. The van der Waals surface area contributed by atoms with Gasteiger partial charge in [-0.15, -0.1) is 0 Å². The van der Waals surface area contributed by atoms with Gasteiger partial charge in [0.05, 0.1) is 25.0 Å². The van der Waals surface area contributed by atoms with E-state index < -0.39 is 5.97 Å². The lowest BCUT2D eigenvalue weighted by molar-refractivity contribution is 0.0526. The molecular formula is C21H21N3O4. The molecule has 0 aliphatic carbocycles. The number of aryl methyl sites for hydroxylation is 1. The first-order valence-corrected chi connectivity index (χ1v) is 8.79. The summed E-state index contributed by atoms with van der Waals surface area (Å²) in [7, 11) is 3.31. The maximum Gasteiger partial charge on any atom is 0.338 e. The number of carbonyl (C=O) groups is 2. The number of methoxy groups -OCH3 is 1. The zero-order valence-corrected chi connectivity index (χ0v) is 15.9. The van der Waals surface area contributed by atoms with Crippen molar-refractivity contribution in [3.05, 3.63) is 65.9 Å². The summed E-state index contributed by atoms with van der Waals surface area (Å²) in [5.74, 6) is 0.0267. The summed E-state index contributed by atoms with van der Waals surface area (Å²) in [6.45, 7) is 2.06. The van der Waals surface area contributed by atoms with Crippen molar-refractivity contribution in [1.82, 2.24) is 9.78 Å². The molecule has 0 atom stereocenters.